The maximum Gasteiger partial charge on any atom is 0.241 e. The van der Waals surface area contributed by atoms with Gasteiger partial charge in [-0.2, -0.15) is 0 Å². The summed E-state index contributed by atoms with van der Waals surface area (Å²) in [6.45, 7) is 2.15. The SMILES string of the molecule is CN(C)C(=O)CN1C(=O)[C@@H]2CC[C@H]1CN(Cc1ccc(F)c(Cl)c1)C2. The van der Waals surface area contributed by atoms with Gasteiger partial charge in [0.2, 0.25) is 11.8 Å². The molecular formula is C18H23ClFN3O2. The summed E-state index contributed by atoms with van der Waals surface area (Å²) < 4.78 is 13.3. The molecule has 1 aromatic carbocycles. The van der Waals surface area contributed by atoms with E-state index in [2.05, 4.69) is 4.90 Å². The number of benzene rings is 1. The maximum atomic E-state index is 13.3. The Morgan fingerprint density at radius 2 is 2.08 bits per heavy atom. The summed E-state index contributed by atoms with van der Waals surface area (Å²) in [4.78, 5) is 30.2. The Morgan fingerprint density at radius 1 is 1.32 bits per heavy atom. The molecule has 5 nitrogen and oxygen atoms in total. The van der Waals surface area contributed by atoms with Crippen LogP contribution in [0.2, 0.25) is 5.02 Å². The van der Waals surface area contributed by atoms with Gasteiger partial charge in [-0.1, -0.05) is 17.7 Å². The highest BCUT2D eigenvalue weighted by Crippen LogP contribution is 2.30. The molecule has 2 bridgehead atoms. The molecule has 0 aliphatic carbocycles. The molecule has 7 heteroatoms. The first kappa shape index (κ1) is 18.1. The monoisotopic (exact) mass is 367 g/mol. The van der Waals surface area contributed by atoms with E-state index in [0.717, 1.165) is 24.9 Å². The number of fused-ring (bicyclic) bond motifs is 4. The minimum Gasteiger partial charge on any atom is -0.347 e. The van der Waals surface area contributed by atoms with Gasteiger partial charge in [0.05, 0.1) is 10.9 Å². The quantitative estimate of drug-likeness (QED) is 0.817. The first-order chi connectivity index (χ1) is 11.8. The molecule has 0 spiro atoms. The highest BCUT2D eigenvalue weighted by molar-refractivity contribution is 6.30. The lowest BCUT2D eigenvalue weighted by Gasteiger charge is -2.36. The molecule has 0 radical (unpaired) electrons. The number of nitrogens with zero attached hydrogens (tertiary/aromatic N) is 3. The van der Waals surface area contributed by atoms with Crippen LogP contribution in [0.3, 0.4) is 0 Å². The summed E-state index contributed by atoms with van der Waals surface area (Å²) in [6.07, 6.45) is 1.77. The molecule has 0 unspecified atom stereocenters. The molecule has 3 fully saturated rings. The summed E-state index contributed by atoms with van der Waals surface area (Å²) in [5.74, 6) is -0.488. The van der Waals surface area contributed by atoms with E-state index in [1.165, 1.54) is 11.0 Å². The largest absolute Gasteiger partial charge is 0.347 e. The number of piperidine rings is 1. The molecule has 3 heterocycles. The molecule has 1 aromatic rings. The van der Waals surface area contributed by atoms with E-state index < -0.39 is 5.82 Å². The normalized spacial score (nSPS) is 23.7. The number of carbonyl (C=O) groups excluding carboxylic acids is 2. The molecule has 0 saturated carbocycles. The van der Waals surface area contributed by atoms with Gasteiger partial charge in [-0.25, -0.2) is 4.39 Å². The molecule has 3 saturated heterocycles. The minimum absolute atomic E-state index is 0.0473. The lowest BCUT2D eigenvalue weighted by Crippen LogP contribution is -2.51. The summed E-state index contributed by atoms with van der Waals surface area (Å²) >= 11 is 5.87. The smallest absolute Gasteiger partial charge is 0.241 e. The summed E-state index contributed by atoms with van der Waals surface area (Å²) in [5, 5.41) is 0.115. The Labute approximate surface area is 152 Å². The molecule has 3 aliphatic rings. The average Bonchev–Trinajstić information content (AvgIpc) is 2.82. The summed E-state index contributed by atoms with van der Waals surface area (Å²) in [5.41, 5.74) is 0.927. The Kier molecular flexibility index (Phi) is 5.29. The van der Waals surface area contributed by atoms with Crippen LogP contribution in [0.4, 0.5) is 4.39 Å². The molecular weight excluding hydrogens is 345 g/mol. The number of hydrogen-bond donors (Lipinski definition) is 0. The fourth-order valence-electron chi connectivity index (χ4n) is 3.65. The van der Waals surface area contributed by atoms with Gasteiger partial charge in [-0.15, -0.1) is 0 Å². The molecule has 136 valence electrons. The zero-order chi connectivity index (χ0) is 18.1. The number of halogens is 2. The second-order valence-electron chi connectivity index (χ2n) is 7.12. The second kappa shape index (κ2) is 7.30. The van der Waals surface area contributed by atoms with Crippen molar-refractivity contribution in [1.82, 2.24) is 14.7 Å². The van der Waals surface area contributed by atoms with Crippen molar-refractivity contribution < 1.29 is 14.0 Å². The number of hydrogen-bond acceptors (Lipinski definition) is 3. The second-order valence-corrected chi connectivity index (χ2v) is 7.53. The van der Waals surface area contributed by atoms with E-state index >= 15 is 0 Å². The van der Waals surface area contributed by atoms with E-state index in [1.807, 2.05) is 0 Å². The predicted molar refractivity (Wildman–Crippen MR) is 93.6 cm³/mol. The number of likely N-dealkylation sites (N-methyl/N-ethyl adjacent to an activating group) is 1. The van der Waals surface area contributed by atoms with Gasteiger partial charge < -0.3 is 9.80 Å². The summed E-state index contributed by atoms with van der Waals surface area (Å²) in [7, 11) is 3.40. The zero-order valence-corrected chi connectivity index (χ0v) is 15.3. The highest BCUT2D eigenvalue weighted by atomic mass is 35.5. The molecule has 25 heavy (non-hydrogen) atoms. The lowest BCUT2D eigenvalue weighted by atomic mass is 9.94. The molecule has 0 N–H and O–H groups in total. The van der Waals surface area contributed by atoms with Crippen molar-refractivity contribution in [3.8, 4) is 0 Å². The van der Waals surface area contributed by atoms with Crippen molar-refractivity contribution in [3.05, 3.63) is 34.6 Å². The average molecular weight is 368 g/mol. The molecule has 2 atom stereocenters. The van der Waals surface area contributed by atoms with Crippen LogP contribution in [0.25, 0.3) is 0 Å². The van der Waals surface area contributed by atoms with E-state index in [-0.39, 0.29) is 35.3 Å². The third kappa shape index (κ3) is 3.96. The molecule has 0 aromatic heterocycles. The molecule has 2 amide bonds. The molecule has 4 rings (SSSR count). The van der Waals surface area contributed by atoms with E-state index in [4.69, 9.17) is 11.6 Å². The number of amides is 2. The van der Waals surface area contributed by atoms with E-state index in [1.54, 1.807) is 31.1 Å². The van der Waals surface area contributed by atoms with Crippen molar-refractivity contribution >= 4 is 23.4 Å². The van der Waals surface area contributed by atoms with Crippen molar-refractivity contribution in [2.45, 2.75) is 25.4 Å². The van der Waals surface area contributed by atoms with Crippen LogP contribution in [-0.4, -0.2) is 66.3 Å². The van der Waals surface area contributed by atoms with Crippen LogP contribution in [0, 0.1) is 11.7 Å². The van der Waals surface area contributed by atoms with Crippen LogP contribution in [-0.2, 0) is 16.1 Å². The van der Waals surface area contributed by atoms with Gasteiger partial charge in [0.25, 0.3) is 0 Å². The maximum absolute atomic E-state index is 13.3. The van der Waals surface area contributed by atoms with Gasteiger partial charge in [0.1, 0.15) is 12.4 Å². The van der Waals surface area contributed by atoms with E-state index in [9.17, 15) is 14.0 Å². The Balaban J connectivity index is 1.73. The van der Waals surface area contributed by atoms with Crippen LogP contribution in [0.1, 0.15) is 18.4 Å². The third-order valence-electron chi connectivity index (χ3n) is 5.06. The van der Waals surface area contributed by atoms with Crippen LogP contribution < -0.4 is 0 Å². The van der Waals surface area contributed by atoms with Gasteiger partial charge in [0, 0.05) is 39.8 Å². The van der Waals surface area contributed by atoms with Crippen LogP contribution in [0.5, 0.6) is 0 Å². The minimum atomic E-state index is -0.426. The van der Waals surface area contributed by atoms with Crippen molar-refractivity contribution in [3.63, 3.8) is 0 Å². The lowest BCUT2D eigenvalue weighted by molar-refractivity contribution is -0.145. The standard InChI is InChI=1S/C18H23ClFN3O2/c1-21(2)17(24)11-23-14-5-4-13(18(23)25)9-22(10-14)8-12-3-6-16(20)15(19)7-12/h3,6-7,13-14H,4-5,8-11H2,1-2H3/t13-,14+/m1/s1. The van der Waals surface area contributed by atoms with Crippen molar-refractivity contribution in [1.29, 1.82) is 0 Å². The summed E-state index contributed by atoms with van der Waals surface area (Å²) in [6, 6.07) is 4.78. The van der Waals surface area contributed by atoms with Crippen LogP contribution in [0.15, 0.2) is 18.2 Å². The van der Waals surface area contributed by atoms with Gasteiger partial charge >= 0.3 is 0 Å². The fourth-order valence-corrected chi connectivity index (χ4v) is 3.85. The fraction of sp³-hybridized carbons (Fsp3) is 0.556. The predicted octanol–water partition coefficient (Wildman–Crippen LogP) is 1.99. The Bertz CT molecular complexity index is 682. The first-order valence-electron chi connectivity index (χ1n) is 8.52. The van der Waals surface area contributed by atoms with Crippen molar-refractivity contribution in [2.24, 2.45) is 5.92 Å². The Hall–Kier alpha value is -1.66. The first-order valence-corrected chi connectivity index (χ1v) is 8.90. The zero-order valence-electron chi connectivity index (χ0n) is 14.5. The topological polar surface area (TPSA) is 43.9 Å². The van der Waals surface area contributed by atoms with Gasteiger partial charge in [-0.05, 0) is 30.5 Å². The number of rotatable bonds is 4. The van der Waals surface area contributed by atoms with Gasteiger partial charge in [-0.3, -0.25) is 14.5 Å². The van der Waals surface area contributed by atoms with Gasteiger partial charge in [0.15, 0.2) is 0 Å². The highest BCUT2D eigenvalue weighted by Gasteiger charge is 2.41. The number of carbonyl (C=O) groups is 2. The van der Waals surface area contributed by atoms with E-state index in [0.29, 0.717) is 13.1 Å². The Morgan fingerprint density at radius 3 is 2.76 bits per heavy atom. The third-order valence-corrected chi connectivity index (χ3v) is 5.35. The molecule has 3 aliphatic heterocycles. The van der Waals surface area contributed by atoms with Crippen molar-refractivity contribution in [2.75, 3.05) is 33.7 Å². The van der Waals surface area contributed by atoms with Crippen LogP contribution >= 0.6 is 11.6 Å².